The Morgan fingerprint density at radius 1 is 1.28 bits per heavy atom. The van der Waals surface area contributed by atoms with E-state index in [0.717, 1.165) is 18.4 Å². The summed E-state index contributed by atoms with van der Waals surface area (Å²) in [7, 11) is 2.08. The highest BCUT2D eigenvalue weighted by Gasteiger charge is 2.23. The Morgan fingerprint density at radius 3 is 2.72 bits per heavy atom. The van der Waals surface area contributed by atoms with E-state index in [-0.39, 0.29) is 0 Å². The van der Waals surface area contributed by atoms with Crippen molar-refractivity contribution < 1.29 is 0 Å². The lowest BCUT2D eigenvalue weighted by Crippen LogP contribution is -2.26. The highest BCUT2D eigenvalue weighted by Crippen LogP contribution is 2.31. The van der Waals surface area contributed by atoms with Crippen molar-refractivity contribution in [2.45, 2.75) is 52.0 Å². The van der Waals surface area contributed by atoms with Gasteiger partial charge < -0.3 is 5.32 Å². The minimum atomic E-state index is 0.842. The lowest BCUT2D eigenvalue weighted by molar-refractivity contribution is 0.304. The molecule has 0 radical (unpaired) electrons. The molecule has 102 valence electrons. The monoisotopic (exact) mass is 249 g/mol. The van der Waals surface area contributed by atoms with Crippen molar-refractivity contribution in [3.63, 3.8) is 0 Å². The van der Waals surface area contributed by atoms with Crippen molar-refractivity contribution >= 4 is 0 Å². The van der Waals surface area contributed by atoms with Crippen LogP contribution in [0.1, 0.15) is 44.6 Å². The Hall–Kier alpha value is -0.830. The van der Waals surface area contributed by atoms with Crippen LogP contribution < -0.4 is 5.32 Å². The molecule has 1 aromatic rings. The number of aromatic nitrogens is 2. The lowest BCUT2D eigenvalue weighted by Gasteiger charge is -2.24. The molecule has 1 fully saturated rings. The van der Waals surface area contributed by atoms with E-state index in [9.17, 15) is 0 Å². The van der Waals surface area contributed by atoms with Crippen LogP contribution in [0.3, 0.4) is 0 Å². The lowest BCUT2D eigenvalue weighted by atomic mass is 9.84. The van der Waals surface area contributed by atoms with Gasteiger partial charge in [0.25, 0.3) is 0 Å². The zero-order chi connectivity index (χ0) is 12.8. The quantitative estimate of drug-likeness (QED) is 0.813. The van der Waals surface area contributed by atoms with Gasteiger partial charge in [0.1, 0.15) is 0 Å². The number of hydrogen-bond acceptors (Lipinski definition) is 2. The Kier molecular flexibility index (Phi) is 5.24. The van der Waals surface area contributed by atoms with Crippen molar-refractivity contribution in [2.24, 2.45) is 11.8 Å². The van der Waals surface area contributed by atoms with Crippen LogP contribution in [0.4, 0.5) is 0 Å². The largest absolute Gasteiger partial charge is 0.319 e. The summed E-state index contributed by atoms with van der Waals surface area (Å²) in [4.78, 5) is 0. The van der Waals surface area contributed by atoms with Crippen LogP contribution in [0.25, 0.3) is 0 Å². The molecule has 0 saturated heterocycles. The van der Waals surface area contributed by atoms with Gasteiger partial charge in [-0.05, 0) is 57.2 Å². The maximum absolute atomic E-state index is 4.40. The molecule has 0 amide bonds. The van der Waals surface area contributed by atoms with Crippen molar-refractivity contribution in [2.75, 3.05) is 13.6 Å². The third-order valence-corrected chi connectivity index (χ3v) is 4.29. The summed E-state index contributed by atoms with van der Waals surface area (Å²) in [5, 5.41) is 7.77. The molecule has 0 aliphatic heterocycles. The predicted molar refractivity (Wildman–Crippen MR) is 75.6 cm³/mol. The molecule has 1 aliphatic rings. The van der Waals surface area contributed by atoms with Gasteiger partial charge in [0.2, 0.25) is 0 Å². The third kappa shape index (κ3) is 3.58. The summed E-state index contributed by atoms with van der Waals surface area (Å²) in [5.41, 5.74) is 1.42. The summed E-state index contributed by atoms with van der Waals surface area (Å²) in [6.45, 7) is 4.30. The molecular weight excluding hydrogens is 222 g/mol. The number of aryl methyl sites for hydroxylation is 1. The molecule has 0 bridgehead atoms. The number of nitrogens with zero attached hydrogens (tertiary/aromatic N) is 2. The summed E-state index contributed by atoms with van der Waals surface area (Å²) in [6, 6.07) is 0. The summed E-state index contributed by atoms with van der Waals surface area (Å²) in [5.74, 6) is 1.69. The van der Waals surface area contributed by atoms with Crippen molar-refractivity contribution in [3.05, 3.63) is 18.0 Å². The first-order valence-electron chi connectivity index (χ1n) is 7.49. The number of nitrogens with one attached hydrogen (secondary N) is 1. The molecule has 18 heavy (non-hydrogen) atoms. The Labute approximate surface area is 111 Å². The van der Waals surface area contributed by atoms with Crippen molar-refractivity contribution in [1.29, 1.82) is 0 Å². The van der Waals surface area contributed by atoms with Crippen LogP contribution in [0, 0.1) is 11.8 Å². The number of rotatable bonds is 5. The SMILES string of the molecule is CCn1cc(CC2CCCCCC2CNC)cn1. The highest BCUT2D eigenvalue weighted by atomic mass is 15.3. The summed E-state index contributed by atoms with van der Waals surface area (Å²) >= 11 is 0. The van der Waals surface area contributed by atoms with Crippen LogP contribution >= 0.6 is 0 Å². The van der Waals surface area contributed by atoms with E-state index in [1.165, 1.54) is 50.6 Å². The van der Waals surface area contributed by atoms with E-state index in [1.54, 1.807) is 0 Å². The topological polar surface area (TPSA) is 29.9 Å². The molecule has 0 spiro atoms. The average molecular weight is 249 g/mol. The summed E-state index contributed by atoms with van der Waals surface area (Å²) in [6.07, 6.45) is 12.5. The third-order valence-electron chi connectivity index (χ3n) is 4.29. The van der Waals surface area contributed by atoms with Gasteiger partial charge in [0, 0.05) is 12.7 Å². The van der Waals surface area contributed by atoms with Crippen LogP contribution in [-0.4, -0.2) is 23.4 Å². The normalized spacial score (nSPS) is 25.0. The van der Waals surface area contributed by atoms with Crippen LogP contribution in [0.15, 0.2) is 12.4 Å². The standard InChI is InChI=1S/C15H27N3/c1-3-18-12-13(10-17-18)9-14-7-5-4-6-8-15(14)11-16-2/h10,12,14-16H,3-9,11H2,1-2H3. The smallest absolute Gasteiger partial charge is 0.0521 e. The molecule has 2 unspecified atom stereocenters. The van der Waals surface area contributed by atoms with Gasteiger partial charge in [-0.2, -0.15) is 5.10 Å². The average Bonchev–Trinajstić information content (AvgIpc) is 2.72. The Morgan fingerprint density at radius 2 is 2.06 bits per heavy atom. The molecule has 3 heteroatoms. The first kappa shape index (κ1) is 13.6. The molecule has 2 atom stereocenters. The summed E-state index contributed by atoms with van der Waals surface area (Å²) < 4.78 is 2.04. The second-order valence-corrected chi connectivity index (χ2v) is 5.62. The molecule has 3 nitrogen and oxygen atoms in total. The van der Waals surface area contributed by atoms with Gasteiger partial charge in [0.05, 0.1) is 6.20 Å². The minimum Gasteiger partial charge on any atom is -0.319 e. The molecule has 1 saturated carbocycles. The van der Waals surface area contributed by atoms with E-state index in [1.807, 2.05) is 4.68 Å². The Balaban J connectivity index is 1.98. The molecule has 1 N–H and O–H groups in total. The maximum atomic E-state index is 4.40. The van der Waals surface area contributed by atoms with Crippen LogP contribution in [0.2, 0.25) is 0 Å². The molecule has 1 aliphatic carbocycles. The molecule has 1 aromatic heterocycles. The molecule has 1 heterocycles. The van der Waals surface area contributed by atoms with Crippen molar-refractivity contribution in [3.8, 4) is 0 Å². The Bertz CT molecular complexity index is 345. The van der Waals surface area contributed by atoms with E-state index in [0.29, 0.717) is 0 Å². The fourth-order valence-corrected chi connectivity index (χ4v) is 3.25. The molecule has 2 rings (SSSR count). The van der Waals surface area contributed by atoms with Crippen molar-refractivity contribution in [1.82, 2.24) is 15.1 Å². The van der Waals surface area contributed by atoms with Gasteiger partial charge >= 0.3 is 0 Å². The second-order valence-electron chi connectivity index (χ2n) is 5.62. The van der Waals surface area contributed by atoms with Gasteiger partial charge in [-0.1, -0.05) is 19.3 Å². The minimum absolute atomic E-state index is 0.842. The van der Waals surface area contributed by atoms with E-state index >= 15 is 0 Å². The van der Waals surface area contributed by atoms with Gasteiger partial charge in [-0.25, -0.2) is 0 Å². The fraction of sp³-hybridized carbons (Fsp3) is 0.800. The predicted octanol–water partition coefficient (Wildman–Crippen LogP) is 2.86. The van der Waals surface area contributed by atoms with Gasteiger partial charge in [-0.3, -0.25) is 4.68 Å². The first-order valence-corrected chi connectivity index (χ1v) is 7.49. The molecule has 0 aromatic carbocycles. The zero-order valence-corrected chi connectivity index (χ0v) is 11.9. The first-order chi connectivity index (χ1) is 8.83. The number of hydrogen-bond donors (Lipinski definition) is 1. The van der Waals surface area contributed by atoms with Gasteiger partial charge in [-0.15, -0.1) is 0 Å². The van der Waals surface area contributed by atoms with Crippen LogP contribution in [0.5, 0.6) is 0 Å². The van der Waals surface area contributed by atoms with E-state index in [4.69, 9.17) is 0 Å². The van der Waals surface area contributed by atoms with E-state index in [2.05, 4.69) is 36.8 Å². The maximum Gasteiger partial charge on any atom is 0.0521 e. The highest BCUT2D eigenvalue weighted by molar-refractivity contribution is 5.05. The second kappa shape index (κ2) is 6.93. The van der Waals surface area contributed by atoms with Gasteiger partial charge in [0.15, 0.2) is 0 Å². The zero-order valence-electron chi connectivity index (χ0n) is 11.9. The van der Waals surface area contributed by atoms with E-state index < -0.39 is 0 Å². The van der Waals surface area contributed by atoms with Crippen LogP contribution in [-0.2, 0) is 13.0 Å². The molecular formula is C15H27N3. The fourth-order valence-electron chi connectivity index (χ4n) is 3.25.